The van der Waals surface area contributed by atoms with E-state index in [1.807, 2.05) is 6.92 Å². The third-order valence-electron chi connectivity index (χ3n) is 1.65. The van der Waals surface area contributed by atoms with Crippen LogP contribution in [0, 0.1) is 6.92 Å². The average Bonchev–Trinajstić information content (AvgIpc) is 2.34. The molecular weight excluding hydrogens is 160 g/mol. The standard InChI is InChI=1S/C7H8N2OS/c1-4-8-5-2-3-11-6(5)7(10)9-4/h2-3H2,1H3,(H,8,9,10). The lowest BCUT2D eigenvalue weighted by Crippen LogP contribution is -2.12. The van der Waals surface area contributed by atoms with Gasteiger partial charge in [0, 0.05) is 12.2 Å². The van der Waals surface area contributed by atoms with Crippen LogP contribution in [0.3, 0.4) is 0 Å². The Balaban J connectivity index is 2.70. The first-order chi connectivity index (χ1) is 5.27. The second kappa shape index (κ2) is 2.37. The highest BCUT2D eigenvalue weighted by atomic mass is 32.2. The first-order valence-electron chi connectivity index (χ1n) is 3.50. The van der Waals surface area contributed by atoms with E-state index in [1.165, 1.54) is 0 Å². The van der Waals surface area contributed by atoms with E-state index in [9.17, 15) is 4.79 Å². The molecule has 11 heavy (non-hydrogen) atoms. The lowest BCUT2D eigenvalue weighted by atomic mass is 10.3. The fraction of sp³-hybridized carbons (Fsp3) is 0.429. The van der Waals surface area contributed by atoms with Crippen molar-refractivity contribution in [3.8, 4) is 0 Å². The molecule has 0 radical (unpaired) electrons. The molecule has 0 amide bonds. The normalized spacial score (nSPS) is 15.0. The van der Waals surface area contributed by atoms with Crippen LogP contribution in [-0.4, -0.2) is 15.7 Å². The van der Waals surface area contributed by atoms with E-state index < -0.39 is 0 Å². The fourth-order valence-electron chi connectivity index (χ4n) is 1.20. The fourth-order valence-corrected chi connectivity index (χ4v) is 2.20. The van der Waals surface area contributed by atoms with Gasteiger partial charge in [-0.15, -0.1) is 11.8 Å². The van der Waals surface area contributed by atoms with Crippen molar-refractivity contribution in [1.82, 2.24) is 9.97 Å². The molecule has 0 atom stereocenters. The number of nitrogens with zero attached hydrogens (tertiary/aromatic N) is 1. The van der Waals surface area contributed by atoms with Crippen molar-refractivity contribution < 1.29 is 0 Å². The first kappa shape index (κ1) is 6.91. The minimum Gasteiger partial charge on any atom is -0.310 e. The molecule has 2 heterocycles. The zero-order chi connectivity index (χ0) is 7.84. The Morgan fingerprint density at radius 3 is 3.27 bits per heavy atom. The third kappa shape index (κ3) is 1.07. The molecule has 1 aromatic rings. The Morgan fingerprint density at radius 2 is 2.45 bits per heavy atom. The van der Waals surface area contributed by atoms with E-state index in [-0.39, 0.29) is 5.56 Å². The van der Waals surface area contributed by atoms with Crippen LogP contribution in [0.2, 0.25) is 0 Å². The Bertz CT molecular complexity index is 345. The number of aryl methyl sites for hydroxylation is 2. The van der Waals surface area contributed by atoms with Crippen LogP contribution in [-0.2, 0) is 6.42 Å². The molecule has 0 saturated heterocycles. The summed E-state index contributed by atoms with van der Waals surface area (Å²) in [7, 11) is 0. The van der Waals surface area contributed by atoms with Crippen molar-refractivity contribution in [2.75, 3.05) is 5.75 Å². The smallest absolute Gasteiger partial charge is 0.264 e. The van der Waals surface area contributed by atoms with Crippen molar-refractivity contribution in [3.63, 3.8) is 0 Å². The van der Waals surface area contributed by atoms with Crippen molar-refractivity contribution in [2.24, 2.45) is 0 Å². The van der Waals surface area contributed by atoms with E-state index in [0.29, 0.717) is 0 Å². The minimum atomic E-state index is 0.0231. The molecule has 0 aliphatic carbocycles. The molecule has 1 aromatic heterocycles. The monoisotopic (exact) mass is 168 g/mol. The predicted molar refractivity (Wildman–Crippen MR) is 44.0 cm³/mol. The van der Waals surface area contributed by atoms with Crippen molar-refractivity contribution in [2.45, 2.75) is 18.2 Å². The number of nitrogens with one attached hydrogen (secondary N) is 1. The molecule has 4 heteroatoms. The van der Waals surface area contributed by atoms with Gasteiger partial charge in [-0.3, -0.25) is 4.79 Å². The van der Waals surface area contributed by atoms with Crippen molar-refractivity contribution >= 4 is 11.8 Å². The zero-order valence-corrected chi connectivity index (χ0v) is 6.99. The molecule has 0 spiro atoms. The largest absolute Gasteiger partial charge is 0.310 e. The zero-order valence-electron chi connectivity index (χ0n) is 6.18. The summed E-state index contributed by atoms with van der Waals surface area (Å²) in [5, 5.41) is 0. The number of hydrogen-bond donors (Lipinski definition) is 1. The molecule has 0 fully saturated rings. The molecule has 58 valence electrons. The second-order valence-electron chi connectivity index (χ2n) is 2.53. The second-order valence-corrected chi connectivity index (χ2v) is 3.63. The summed E-state index contributed by atoms with van der Waals surface area (Å²) in [6.07, 6.45) is 0.935. The molecule has 3 nitrogen and oxygen atoms in total. The Hall–Kier alpha value is -0.770. The maximum absolute atomic E-state index is 11.2. The molecule has 0 aromatic carbocycles. The molecule has 0 saturated carbocycles. The molecule has 1 aliphatic rings. The summed E-state index contributed by atoms with van der Waals surface area (Å²) in [6.45, 7) is 1.81. The van der Waals surface area contributed by atoms with Crippen LogP contribution in [0.4, 0.5) is 0 Å². The summed E-state index contributed by atoms with van der Waals surface area (Å²) in [6, 6.07) is 0. The van der Waals surface area contributed by atoms with Gasteiger partial charge in [0.05, 0.1) is 10.6 Å². The quantitative estimate of drug-likeness (QED) is 0.621. The van der Waals surface area contributed by atoms with Crippen molar-refractivity contribution in [3.05, 3.63) is 21.9 Å². The molecule has 2 rings (SSSR count). The highest BCUT2D eigenvalue weighted by Gasteiger charge is 2.16. The van der Waals surface area contributed by atoms with Gasteiger partial charge in [0.25, 0.3) is 5.56 Å². The van der Waals surface area contributed by atoms with E-state index in [0.717, 1.165) is 28.6 Å². The number of fused-ring (bicyclic) bond motifs is 1. The van der Waals surface area contributed by atoms with Crippen LogP contribution >= 0.6 is 11.8 Å². The maximum Gasteiger partial charge on any atom is 0.264 e. The Kier molecular flexibility index (Phi) is 1.49. The minimum absolute atomic E-state index is 0.0231. The van der Waals surface area contributed by atoms with Crippen LogP contribution in [0.15, 0.2) is 9.69 Å². The van der Waals surface area contributed by atoms with Gasteiger partial charge in [-0.25, -0.2) is 4.98 Å². The van der Waals surface area contributed by atoms with Crippen LogP contribution in [0.25, 0.3) is 0 Å². The third-order valence-corrected chi connectivity index (χ3v) is 2.77. The lowest BCUT2D eigenvalue weighted by Gasteiger charge is -1.96. The lowest BCUT2D eigenvalue weighted by molar-refractivity contribution is 0.897. The predicted octanol–water partition coefficient (Wildman–Crippen LogP) is 0.727. The van der Waals surface area contributed by atoms with Gasteiger partial charge in [0.2, 0.25) is 0 Å². The Morgan fingerprint density at radius 1 is 1.64 bits per heavy atom. The summed E-state index contributed by atoms with van der Waals surface area (Å²) >= 11 is 1.60. The molecule has 0 bridgehead atoms. The molecule has 1 N–H and O–H groups in total. The van der Waals surface area contributed by atoms with E-state index in [2.05, 4.69) is 9.97 Å². The van der Waals surface area contributed by atoms with Gasteiger partial charge >= 0.3 is 0 Å². The van der Waals surface area contributed by atoms with Gasteiger partial charge in [-0.2, -0.15) is 0 Å². The van der Waals surface area contributed by atoms with E-state index >= 15 is 0 Å². The van der Waals surface area contributed by atoms with Crippen LogP contribution in [0.1, 0.15) is 11.5 Å². The maximum atomic E-state index is 11.2. The van der Waals surface area contributed by atoms with Gasteiger partial charge in [-0.05, 0) is 6.92 Å². The van der Waals surface area contributed by atoms with E-state index in [1.54, 1.807) is 11.8 Å². The van der Waals surface area contributed by atoms with Gasteiger partial charge in [0.15, 0.2) is 0 Å². The van der Waals surface area contributed by atoms with Gasteiger partial charge < -0.3 is 4.98 Å². The number of aromatic amines is 1. The first-order valence-corrected chi connectivity index (χ1v) is 4.48. The summed E-state index contributed by atoms with van der Waals surface area (Å²) in [4.78, 5) is 19.0. The molecule has 0 unspecified atom stereocenters. The number of rotatable bonds is 0. The number of aromatic nitrogens is 2. The number of thioether (sulfide) groups is 1. The summed E-state index contributed by atoms with van der Waals surface area (Å²) in [5.41, 5.74) is 0.992. The SMILES string of the molecule is Cc1nc2c(c(=O)[nH]1)SCC2. The average molecular weight is 168 g/mol. The van der Waals surface area contributed by atoms with Crippen molar-refractivity contribution in [1.29, 1.82) is 0 Å². The molecular formula is C7H8N2OS. The van der Waals surface area contributed by atoms with Gasteiger partial charge in [-0.1, -0.05) is 0 Å². The number of hydrogen-bond acceptors (Lipinski definition) is 3. The topological polar surface area (TPSA) is 45.8 Å². The number of H-pyrrole nitrogens is 1. The van der Waals surface area contributed by atoms with Crippen LogP contribution in [0.5, 0.6) is 0 Å². The summed E-state index contributed by atoms with van der Waals surface area (Å²) in [5.74, 6) is 1.71. The highest BCUT2D eigenvalue weighted by molar-refractivity contribution is 7.99. The van der Waals surface area contributed by atoms with E-state index in [4.69, 9.17) is 0 Å². The Labute approximate surface area is 68.2 Å². The molecule has 1 aliphatic heterocycles. The highest BCUT2D eigenvalue weighted by Crippen LogP contribution is 2.25. The van der Waals surface area contributed by atoms with Crippen LogP contribution < -0.4 is 5.56 Å². The summed E-state index contributed by atoms with van der Waals surface area (Å²) < 4.78 is 0. The van der Waals surface area contributed by atoms with Gasteiger partial charge in [0.1, 0.15) is 5.82 Å².